The maximum absolute atomic E-state index is 7.10. The van der Waals surface area contributed by atoms with E-state index in [2.05, 4.69) is 240 Å². The highest BCUT2D eigenvalue weighted by Crippen LogP contribution is 2.48. The Kier molecular flexibility index (Phi) is 8.81. The van der Waals surface area contributed by atoms with E-state index >= 15 is 0 Å². The Balaban J connectivity index is 0.967. The van der Waals surface area contributed by atoms with Crippen LogP contribution in [0.2, 0.25) is 0 Å². The number of benzene rings is 11. The van der Waals surface area contributed by atoms with Gasteiger partial charge in [-0.25, -0.2) is 0 Å². The lowest BCUT2D eigenvalue weighted by molar-refractivity contribution is 0.668. The van der Waals surface area contributed by atoms with Crippen molar-refractivity contribution in [2.45, 2.75) is 0 Å². The van der Waals surface area contributed by atoms with E-state index in [1.165, 1.54) is 10.8 Å². The van der Waals surface area contributed by atoms with E-state index in [4.69, 9.17) is 8.83 Å². The van der Waals surface area contributed by atoms with Gasteiger partial charge in [-0.05, 0) is 112 Å². The van der Waals surface area contributed by atoms with Gasteiger partial charge >= 0.3 is 0 Å². The lowest BCUT2D eigenvalue weighted by Gasteiger charge is -2.27. The summed E-state index contributed by atoms with van der Waals surface area (Å²) in [5.41, 5.74) is 14.2. The zero-order chi connectivity index (χ0) is 43.6. The number of hydrogen-bond donors (Lipinski definition) is 0. The largest absolute Gasteiger partial charge is 0.455 e. The molecule has 0 N–H and O–H groups in total. The van der Waals surface area contributed by atoms with Gasteiger partial charge in [0.15, 0.2) is 5.58 Å². The number of para-hydroxylation sites is 5. The van der Waals surface area contributed by atoms with Crippen molar-refractivity contribution in [3.05, 3.63) is 243 Å². The first kappa shape index (κ1) is 37.7. The first-order chi connectivity index (χ1) is 32.7. The number of furan rings is 2. The number of rotatable bonds is 8. The summed E-state index contributed by atoms with van der Waals surface area (Å²) in [6, 6.07) is 86.0. The second kappa shape index (κ2) is 15.4. The molecular formula is C62H40N2O2. The molecule has 0 radical (unpaired) electrons. The minimum atomic E-state index is 0.820. The van der Waals surface area contributed by atoms with Gasteiger partial charge in [0, 0.05) is 55.6 Å². The smallest absolute Gasteiger partial charge is 0.159 e. The molecule has 0 saturated carbocycles. The second-order valence-electron chi connectivity index (χ2n) is 16.8. The van der Waals surface area contributed by atoms with Crippen molar-refractivity contribution in [2.75, 3.05) is 9.80 Å². The van der Waals surface area contributed by atoms with Gasteiger partial charge in [-0.1, -0.05) is 158 Å². The molecule has 0 atom stereocenters. The zero-order valence-electron chi connectivity index (χ0n) is 35.8. The second-order valence-corrected chi connectivity index (χ2v) is 16.8. The Morgan fingerprint density at radius 1 is 0.258 bits per heavy atom. The van der Waals surface area contributed by atoms with E-state index in [-0.39, 0.29) is 0 Å². The molecule has 4 nitrogen and oxygen atoms in total. The van der Waals surface area contributed by atoms with Gasteiger partial charge in [0.2, 0.25) is 0 Å². The summed E-state index contributed by atoms with van der Waals surface area (Å²) in [5, 5.41) is 8.96. The highest BCUT2D eigenvalue weighted by Gasteiger charge is 2.24. The van der Waals surface area contributed by atoms with Crippen LogP contribution in [-0.2, 0) is 0 Å². The van der Waals surface area contributed by atoms with Crippen LogP contribution in [0, 0.1) is 0 Å². The molecule has 0 amide bonds. The number of hydrogen-bond acceptors (Lipinski definition) is 4. The molecule has 66 heavy (non-hydrogen) atoms. The molecule has 2 aromatic heterocycles. The molecular weight excluding hydrogens is 805 g/mol. The van der Waals surface area contributed by atoms with Gasteiger partial charge in [0.05, 0.1) is 17.1 Å². The fourth-order valence-corrected chi connectivity index (χ4v) is 10.0. The summed E-state index contributed by atoms with van der Waals surface area (Å²) in [6.07, 6.45) is 0. The van der Waals surface area contributed by atoms with E-state index in [1.54, 1.807) is 0 Å². The lowest BCUT2D eigenvalue weighted by atomic mass is 9.94. The molecule has 310 valence electrons. The van der Waals surface area contributed by atoms with Crippen LogP contribution in [-0.4, -0.2) is 0 Å². The summed E-state index contributed by atoms with van der Waals surface area (Å²) >= 11 is 0. The quantitative estimate of drug-likeness (QED) is 0.143. The Morgan fingerprint density at radius 2 is 0.803 bits per heavy atom. The van der Waals surface area contributed by atoms with Crippen LogP contribution in [0.15, 0.2) is 251 Å². The molecule has 0 unspecified atom stereocenters. The normalized spacial score (nSPS) is 11.6. The molecule has 2 heterocycles. The van der Waals surface area contributed by atoms with Crippen LogP contribution in [0.3, 0.4) is 0 Å². The molecule has 0 spiro atoms. The molecule has 11 aromatic carbocycles. The van der Waals surface area contributed by atoms with Crippen LogP contribution >= 0.6 is 0 Å². The monoisotopic (exact) mass is 844 g/mol. The molecule has 13 aromatic rings. The Labute approximate surface area is 381 Å². The fraction of sp³-hybridized carbons (Fsp3) is 0. The van der Waals surface area contributed by atoms with E-state index in [0.29, 0.717) is 0 Å². The van der Waals surface area contributed by atoms with Crippen molar-refractivity contribution in [1.82, 2.24) is 0 Å². The molecule has 0 bridgehead atoms. The molecule has 0 aliphatic carbocycles. The third kappa shape index (κ3) is 6.15. The number of fused-ring (bicyclic) bond motifs is 11. The van der Waals surface area contributed by atoms with Gasteiger partial charge < -0.3 is 18.6 Å². The number of anilines is 6. The SMILES string of the molecule is c1ccc(-c2ccccc2N(c2ccc3c(c2)oc2c4ccc(-c5ccc(N(c6ccccc6)c6ccccc6)cc5)cc4c4ccccc4c32)c2cccc3c2oc2ccccc23)cc1. The summed E-state index contributed by atoms with van der Waals surface area (Å²) in [6.45, 7) is 0. The number of nitrogens with zero attached hydrogens (tertiary/aromatic N) is 2. The van der Waals surface area contributed by atoms with Crippen LogP contribution in [0.5, 0.6) is 0 Å². The summed E-state index contributed by atoms with van der Waals surface area (Å²) in [7, 11) is 0. The van der Waals surface area contributed by atoms with Crippen LogP contribution in [0.4, 0.5) is 34.1 Å². The van der Waals surface area contributed by atoms with Gasteiger partial charge in [-0.2, -0.15) is 0 Å². The third-order valence-corrected chi connectivity index (χ3v) is 13.0. The highest BCUT2D eigenvalue weighted by molar-refractivity contribution is 6.30. The first-order valence-corrected chi connectivity index (χ1v) is 22.4. The molecule has 0 saturated heterocycles. The van der Waals surface area contributed by atoms with E-state index < -0.39 is 0 Å². The minimum Gasteiger partial charge on any atom is -0.455 e. The average Bonchev–Trinajstić information content (AvgIpc) is 3.97. The third-order valence-electron chi connectivity index (χ3n) is 13.0. The molecule has 4 heteroatoms. The fourth-order valence-electron chi connectivity index (χ4n) is 10.0. The minimum absolute atomic E-state index is 0.820. The first-order valence-electron chi connectivity index (χ1n) is 22.4. The van der Waals surface area contributed by atoms with E-state index in [1.807, 2.05) is 12.1 Å². The predicted octanol–water partition coefficient (Wildman–Crippen LogP) is 18.1. The highest BCUT2D eigenvalue weighted by atomic mass is 16.3. The van der Waals surface area contributed by atoms with Crippen LogP contribution in [0.1, 0.15) is 0 Å². The van der Waals surface area contributed by atoms with Crippen LogP contribution < -0.4 is 9.80 Å². The topological polar surface area (TPSA) is 32.8 Å². The van der Waals surface area contributed by atoms with Crippen molar-refractivity contribution in [1.29, 1.82) is 0 Å². The molecule has 13 rings (SSSR count). The summed E-state index contributed by atoms with van der Waals surface area (Å²) < 4.78 is 13.8. The lowest BCUT2D eigenvalue weighted by Crippen LogP contribution is -2.11. The summed E-state index contributed by atoms with van der Waals surface area (Å²) in [4.78, 5) is 4.62. The van der Waals surface area contributed by atoms with Crippen molar-refractivity contribution >= 4 is 99.5 Å². The van der Waals surface area contributed by atoms with Gasteiger partial charge in [-0.3, -0.25) is 0 Å². The molecule has 0 aliphatic heterocycles. The molecule has 0 fully saturated rings. The summed E-state index contributed by atoms with van der Waals surface area (Å²) in [5.74, 6) is 0. The Hall–Kier alpha value is -8.86. The standard InChI is InChI=1S/C62H40N2O2/c1-4-17-42(18-5-1)48-23-12-14-28-56(48)64(57-29-16-27-52-50-25-13-15-30-58(50)65-61(52)57)47-36-38-54-59(40-47)66-62-53-37-33-43(39-55(53)49-24-10-11-26-51(49)60(54)62)41-31-34-46(35-32-41)63(44-19-6-2-7-20-44)45-21-8-3-9-22-45/h1-40H. The average molecular weight is 845 g/mol. The van der Waals surface area contributed by atoms with Crippen molar-refractivity contribution in [3.8, 4) is 22.3 Å². The molecule has 0 aliphatic rings. The maximum Gasteiger partial charge on any atom is 0.159 e. The zero-order valence-corrected chi connectivity index (χ0v) is 35.8. The Bertz CT molecular complexity index is 3890. The van der Waals surface area contributed by atoms with Crippen molar-refractivity contribution < 1.29 is 8.83 Å². The van der Waals surface area contributed by atoms with Gasteiger partial charge in [-0.15, -0.1) is 0 Å². The van der Waals surface area contributed by atoms with Crippen molar-refractivity contribution in [2.24, 2.45) is 0 Å². The van der Waals surface area contributed by atoms with Gasteiger partial charge in [0.1, 0.15) is 16.7 Å². The van der Waals surface area contributed by atoms with E-state index in [9.17, 15) is 0 Å². The van der Waals surface area contributed by atoms with E-state index in [0.717, 1.165) is 111 Å². The predicted molar refractivity (Wildman–Crippen MR) is 276 cm³/mol. The Morgan fingerprint density at radius 3 is 1.58 bits per heavy atom. The van der Waals surface area contributed by atoms with Gasteiger partial charge in [0.25, 0.3) is 0 Å². The van der Waals surface area contributed by atoms with Crippen LogP contribution in [0.25, 0.3) is 87.7 Å². The van der Waals surface area contributed by atoms with Crippen molar-refractivity contribution in [3.63, 3.8) is 0 Å². The maximum atomic E-state index is 7.10.